The Morgan fingerprint density at radius 2 is 1.80 bits per heavy atom. The molecule has 30 heavy (non-hydrogen) atoms. The van der Waals surface area contributed by atoms with Crippen molar-refractivity contribution in [1.82, 2.24) is 0 Å². The van der Waals surface area contributed by atoms with Gasteiger partial charge in [0, 0.05) is 22.3 Å². The van der Waals surface area contributed by atoms with Crippen molar-refractivity contribution in [3.63, 3.8) is 0 Å². The highest BCUT2D eigenvalue weighted by Crippen LogP contribution is 2.27. The number of carbonyl (C=O) groups is 2. The first-order valence-corrected chi connectivity index (χ1v) is 9.86. The van der Waals surface area contributed by atoms with Gasteiger partial charge in [0.15, 0.2) is 0 Å². The number of nitrogens with one attached hydrogen (secondary N) is 1. The molecule has 0 bridgehead atoms. The smallest absolute Gasteiger partial charge is 0.338 e. The van der Waals surface area contributed by atoms with Gasteiger partial charge in [0.2, 0.25) is 5.91 Å². The molecule has 154 valence electrons. The maximum Gasteiger partial charge on any atom is 0.338 e. The first-order chi connectivity index (χ1) is 14.3. The average molecular weight is 424 g/mol. The molecule has 1 heterocycles. The molecule has 3 aromatic rings. The van der Waals surface area contributed by atoms with E-state index in [1.165, 1.54) is 6.08 Å². The zero-order valence-electron chi connectivity index (χ0n) is 16.9. The first-order valence-electron chi connectivity index (χ1n) is 9.48. The van der Waals surface area contributed by atoms with E-state index < -0.39 is 5.97 Å². The molecule has 0 atom stereocenters. The predicted octanol–water partition coefficient (Wildman–Crippen LogP) is 6.13. The van der Waals surface area contributed by atoms with Crippen LogP contribution in [0.2, 0.25) is 5.02 Å². The summed E-state index contributed by atoms with van der Waals surface area (Å²) < 4.78 is 10.9. The molecular weight excluding hydrogens is 402 g/mol. The largest absolute Gasteiger partial charge is 0.459 e. The fraction of sp³-hybridized carbons (Fsp3) is 0.167. The predicted molar refractivity (Wildman–Crippen MR) is 119 cm³/mol. The van der Waals surface area contributed by atoms with E-state index in [2.05, 4.69) is 5.32 Å². The Bertz CT molecular complexity index is 1080. The summed E-state index contributed by atoms with van der Waals surface area (Å²) in [7, 11) is 0. The second-order valence-electron chi connectivity index (χ2n) is 7.02. The van der Waals surface area contributed by atoms with Crippen molar-refractivity contribution in [2.45, 2.75) is 26.9 Å². The Hall–Kier alpha value is -3.31. The summed E-state index contributed by atoms with van der Waals surface area (Å²) in [5.74, 6) is 0.500. The van der Waals surface area contributed by atoms with E-state index in [1.54, 1.807) is 50.3 Å². The minimum Gasteiger partial charge on any atom is -0.459 e. The Labute approximate surface area is 180 Å². The fourth-order valence-corrected chi connectivity index (χ4v) is 2.84. The van der Waals surface area contributed by atoms with Crippen LogP contribution in [0.3, 0.4) is 0 Å². The fourth-order valence-electron chi connectivity index (χ4n) is 2.66. The Morgan fingerprint density at radius 1 is 1.07 bits per heavy atom. The molecule has 0 unspecified atom stereocenters. The van der Waals surface area contributed by atoms with E-state index in [-0.39, 0.29) is 12.0 Å². The highest BCUT2D eigenvalue weighted by molar-refractivity contribution is 6.31. The van der Waals surface area contributed by atoms with Crippen molar-refractivity contribution in [2.75, 3.05) is 5.32 Å². The number of furan rings is 1. The number of ether oxygens (including phenoxy) is 1. The molecule has 1 N–H and O–H groups in total. The standard InChI is InChI=1S/C24H22ClNO4/c1-15(2)29-24(28)17-6-8-19(9-7-17)26-23(27)13-11-20-10-12-22(30-20)18-5-4-16(3)21(25)14-18/h4-15H,1-3H3,(H,26,27)/b13-11+. The van der Waals surface area contributed by atoms with Gasteiger partial charge in [-0.25, -0.2) is 4.79 Å². The number of hydrogen-bond acceptors (Lipinski definition) is 4. The molecule has 0 aliphatic carbocycles. The van der Waals surface area contributed by atoms with E-state index in [4.69, 9.17) is 20.8 Å². The van der Waals surface area contributed by atoms with Crippen LogP contribution < -0.4 is 5.32 Å². The number of benzene rings is 2. The van der Waals surface area contributed by atoms with Crippen molar-refractivity contribution in [3.8, 4) is 11.3 Å². The number of rotatable bonds is 6. The molecule has 5 nitrogen and oxygen atoms in total. The van der Waals surface area contributed by atoms with Gasteiger partial charge < -0.3 is 14.5 Å². The van der Waals surface area contributed by atoms with Gasteiger partial charge in [0.1, 0.15) is 11.5 Å². The Morgan fingerprint density at radius 3 is 2.47 bits per heavy atom. The van der Waals surface area contributed by atoms with Gasteiger partial charge in [0.25, 0.3) is 0 Å². The van der Waals surface area contributed by atoms with Crippen molar-refractivity contribution in [2.24, 2.45) is 0 Å². The van der Waals surface area contributed by atoms with E-state index in [1.807, 2.05) is 31.2 Å². The summed E-state index contributed by atoms with van der Waals surface area (Å²) in [6.45, 7) is 5.51. The van der Waals surface area contributed by atoms with Crippen LogP contribution in [0.25, 0.3) is 17.4 Å². The second-order valence-corrected chi connectivity index (χ2v) is 7.43. The molecule has 0 saturated heterocycles. The number of anilines is 1. The molecule has 1 aromatic heterocycles. The molecule has 2 aromatic carbocycles. The lowest BCUT2D eigenvalue weighted by Crippen LogP contribution is -2.12. The monoisotopic (exact) mass is 423 g/mol. The van der Waals surface area contributed by atoms with Crippen LogP contribution in [-0.2, 0) is 9.53 Å². The van der Waals surface area contributed by atoms with Gasteiger partial charge in [-0.2, -0.15) is 0 Å². The molecule has 3 rings (SSSR count). The zero-order valence-corrected chi connectivity index (χ0v) is 17.7. The van der Waals surface area contributed by atoms with E-state index in [9.17, 15) is 9.59 Å². The summed E-state index contributed by atoms with van der Waals surface area (Å²) in [6, 6.07) is 15.8. The Balaban J connectivity index is 1.60. The summed E-state index contributed by atoms with van der Waals surface area (Å²) in [4.78, 5) is 24.0. The molecule has 1 amide bonds. The minimum absolute atomic E-state index is 0.188. The van der Waals surface area contributed by atoms with E-state index >= 15 is 0 Å². The highest BCUT2D eigenvalue weighted by Gasteiger charge is 2.09. The van der Waals surface area contributed by atoms with Gasteiger partial charge in [-0.1, -0.05) is 23.7 Å². The van der Waals surface area contributed by atoms with Crippen LogP contribution in [0.15, 0.2) is 65.1 Å². The summed E-state index contributed by atoms with van der Waals surface area (Å²) >= 11 is 6.17. The zero-order chi connectivity index (χ0) is 21.7. The molecular formula is C24H22ClNO4. The number of hydrogen-bond donors (Lipinski definition) is 1. The van der Waals surface area contributed by atoms with Crippen LogP contribution in [0.4, 0.5) is 5.69 Å². The number of carbonyl (C=O) groups excluding carboxylic acids is 2. The topological polar surface area (TPSA) is 68.5 Å². The maximum atomic E-state index is 12.2. The van der Waals surface area contributed by atoms with Gasteiger partial charge in [0.05, 0.1) is 11.7 Å². The number of esters is 1. The average Bonchev–Trinajstić information content (AvgIpc) is 3.17. The lowest BCUT2D eigenvalue weighted by atomic mass is 10.1. The summed E-state index contributed by atoms with van der Waals surface area (Å²) in [5.41, 5.74) is 2.86. The van der Waals surface area contributed by atoms with Gasteiger partial charge in [-0.3, -0.25) is 4.79 Å². The number of aryl methyl sites for hydroxylation is 1. The first kappa shape index (κ1) is 21.4. The van der Waals surface area contributed by atoms with Crippen molar-refractivity contribution in [1.29, 1.82) is 0 Å². The lowest BCUT2D eigenvalue weighted by molar-refractivity contribution is -0.111. The van der Waals surface area contributed by atoms with E-state index in [0.29, 0.717) is 27.8 Å². The SMILES string of the molecule is Cc1ccc(-c2ccc(/C=C/C(=O)Nc3ccc(C(=O)OC(C)C)cc3)o2)cc1Cl. The van der Waals surface area contributed by atoms with Gasteiger partial charge in [-0.15, -0.1) is 0 Å². The summed E-state index contributed by atoms with van der Waals surface area (Å²) in [5, 5.41) is 3.40. The Kier molecular flexibility index (Phi) is 6.75. The number of amides is 1. The highest BCUT2D eigenvalue weighted by atomic mass is 35.5. The molecule has 0 radical (unpaired) electrons. The molecule has 0 aliphatic rings. The van der Waals surface area contributed by atoms with Crippen molar-refractivity contribution < 1.29 is 18.7 Å². The van der Waals surface area contributed by atoms with E-state index in [0.717, 1.165) is 11.1 Å². The molecule has 0 saturated carbocycles. The molecule has 0 aliphatic heterocycles. The quantitative estimate of drug-likeness (QED) is 0.382. The van der Waals surface area contributed by atoms with Crippen molar-refractivity contribution >= 4 is 35.2 Å². The third-order valence-corrected chi connectivity index (χ3v) is 4.62. The van der Waals surface area contributed by atoms with Crippen LogP contribution >= 0.6 is 11.6 Å². The van der Waals surface area contributed by atoms with Gasteiger partial charge >= 0.3 is 5.97 Å². The van der Waals surface area contributed by atoms with Crippen LogP contribution in [-0.4, -0.2) is 18.0 Å². The van der Waals surface area contributed by atoms with Crippen LogP contribution in [0.1, 0.15) is 35.5 Å². The summed E-state index contributed by atoms with van der Waals surface area (Å²) in [6.07, 6.45) is 2.78. The lowest BCUT2D eigenvalue weighted by Gasteiger charge is -2.08. The van der Waals surface area contributed by atoms with Crippen LogP contribution in [0, 0.1) is 6.92 Å². The third kappa shape index (κ3) is 5.61. The molecule has 6 heteroatoms. The molecule has 0 fully saturated rings. The third-order valence-electron chi connectivity index (χ3n) is 4.21. The second kappa shape index (κ2) is 9.46. The van der Waals surface area contributed by atoms with Crippen LogP contribution in [0.5, 0.6) is 0 Å². The minimum atomic E-state index is -0.397. The van der Waals surface area contributed by atoms with Gasteiger partial charge in [-0.05, 0) is 74.9 Å². The number of halogens is 1. The normalized spacial score (nSPS) is 11.1. The maximum absolute atomic E-state index is 12.2. The van der Waals surface area contributed by atoms with Crippen molar-refractivity contribution in [3.05, 3.63) is 82.6 Å². The molecule has 0 spiro atoms.